The van der Waals surface area contributed by atoms with Crippen LogP contribution in [0.3, 0.4) is 0 Å². The zero-order chi connectivity index (χ0) is 14.0. The van der Waals surface area contributed by atoms with Crippen molar-refractivity contribution in [3.63, 3.8) is 0 Å². The third-order valence-corrected chi connectivity index (χ3v) is 2.93. The second-order valence-electron chi connectivity index (χ2n) is 4.25. The SMILES string of the molecule is OCC1O[C@@H](Oc2ccccc2F)C(O)[C@@H](O)[C@@H]1O. The lowest BCUT2D eigenvalue weighted by atomic mass is 9.99. The molecule has 106 valence electrons. The molecular weight excluding hydrogens is 259 g/mol. The second-order valence-corrected chi connectivity index (χ2v) is 4.25. The first-order valence-corrected chi connectivity index (χ1v) is 5.76. The molecule has 0 aliphatic carbocycles. The van der Waals surface area contributed by atoms with E-state index in [9.17, 15) is 19.7 Å². The first kappa shape index (κ1) is 14.2. The standard InChI is InChI=1S/C12H15FO6/c13-6-3-1-2-4-7(6)18-12-11(17)10(16)9(15)8(5-14)19-12/h1-4,8-12,14-17H,5H2/t8?,9-,10+,11?,12-/m1/s1. The molecular formula is C12H15FO6. The summed E-state index contributed by atoms with van der Waals surface area (Å²) in [4.78, 5) is 0. The molecule has 0 radical (unpaired) electrons. The Labute approximate surface area is 108 Å². The third-order valence-electron chi connectivity index (χ3n) is 2.93. The molecule has 19 heavy (non-hydrogen) atoms. The summed E-state index contributed by atoms with van der Waals surface area (Å²) in [5, 5.41) is 37.8. The lowest BCUT2D eigenvalue weighted by Gasteiger charge is -2.39. The minimum atomic E-state index is -1.56. The highest BCUT2D eigenvalue weighted by atomic mass is 19.1. The van der Waals surface area contributed by atoms with Crippen LogP contribution in [0.15, 0.2) is 24.3 Å². The highest BCUT2D eigenvalue weighted by molar-refractivity contribution is 5.24. The lowest BCUT2D eigenvalue weighted by Crippen LogP contribution is -2.60. The van der Waals surface area contributed by atoms with Crippen LogP contribution in [0.5, 0.6) is 5.75 Å². The minimum Gasteiger partial charge on any atom is -0.459 e. The van der Waals surface area contributed by atoms with Crippen molar-refractivity contribution in [3.8, 4) is 5.75 Å². The number of para-hydroxylation sites is 1. The van der Waals surface area contributed by atoms with Crippen molar-refractivity contribution in [1.29, 1.82) is 0 Å². The molecule has 4 N–H and O–H groups in total. The summed E-state index contributed by atoms with van der Waals surface area (Å²) in [5.74, 6) is -0.814. The van der Waals surface area contributed by atoms with E-state index >= 15 is 0 Å². The molecule has 0 bridgehead atoms. The monoisotopic (exact) mass is 274 g/mol. The predicted octanol–water partition coefficient (Wildman–Crippen LogP) is -0.996. The Balaban J connectivity index is 2.13. The molecule has 1 saturated heterocycles. The average molecular weight is 274 g/mol. The molecule has 1 aromatic rings. The first-order valence-electron chi connectivity index (χ1n) is 5.76. The molecule has 1 aliphatic rings. The molecule has 6 nitrogen and oxygen atoms in total. The number of ether oxygens (including phenoxy) is 2. The molecule has 1 aliphatic heterocycles. The van der Waals surface area contributed by atoms with Crippen molar-refractivity contribution >= 4 is 0 Å². The summed E-state index contributed by atoms with van der Waals surface area (Å²) >= 11 is 0. The smallest absolute Gasteiger partial charge is 0.229 e. The van der Waals surface area contributed by atoms with E-state index in [-0.39, 0.29) is 5.75 Å². The van der Waals surface area contributed by atoms with Gasteiger partial charge in [-0.25, -0.2) is 4.39 Å². The maximum atomic E-state index is 13.4. The summed E-state index contributed by atoms with van der Waals surface area (Å²) in [6.45, 7) is -0.567. The van der Waals surface area contributed by atoms with Crippen molar-refractivity contribution < 1.29 is 34.3 Å². The van der Waals surface area contributed by atoms with E-state index in [1.807, 2.05) is 0 Å². The maximum Gasteiger partial charge on any atom is 0.229 e. The van der Waals surface area contributed by atoms with Crippen molar-refractivity contribution in [3.05, 3.63) is 30.1 Å². The van der Waals surface area contributed by atoms with E-state index in [4.69, 9.17) is 14.6 Å². The number of hydrogen-bond acceptors (Lipinski definition) is 6. The van der Waals surface area contributed by atoms with Gasteiger partial charge < -0.3 is 29.9 Å². The number of halogens is 1. The Morgan fingerprint density at radius 1 is 1.11 bits per heavy atom. The van der Waals surface area contributed by atoms with E-state index in [1.54, 1.807) is 0 Å². The van der Waals surface area contributed by atoms with Gasteiger partial charge in [-0.1, -0.05) is 12.1 Å². The normalized spacial score (nSPS) is 35.1. The Morgan fingerprint density at radius 2 is 1.79 bits per heavy atom. The van der Waals surface area contributed by atoms with Crippen molar-refractivity contribution in [2.24, 2.45) is 0 Å². The van der Waals surface area contributed by atoms with Gasteiger partial charge in [-0.3, -0.25) is 0 Å². The van der Waals surface area contributed by atoms with Gasteiger partial charge >= 0.3 is 0 Å². The molecule has 1 fully saturated rings. The molecule has 0 aromatic heterocycles. The zero-order valence-corrected chi connectivity index (χ0v) is 9.89. The average Bonchev–Trinajstić information content (AvgIpc) is 2.41. The quantitative estimate of drug-likeness (QED) is 0.564. The van der Waals surface area contributed by atoms with Crippen LogP contribution in [0.25, 0.3) is 0 Å². The highest BCUT2D eigenvalue weighted by Crippen LogP contribution is 2.25. The largest absolute Gasteiger partial charge is 0.459 e. The number of benzene rings is 1. The number of aliphatic hydroxyl groups excluding tert-OH is 4. The van der Waals surface area contributed by atoms with Gasteiger partial charge in [0, 0.05) is 0 Å². The molecule has 0 saturated carbocycles. The van der Waals surface area contributed by atoms with Gasteiger partial charge in [0.05, 0.1) is 6.61 Å². The fraction of sp³-hybridized carbons (Fsp3) is 0.500. The topological polar surface area (TPSA) is 99.4 Å². The number of rotatable bonds is 3. The molecule has 2 unspecified atom stereocenters. The molecule has 7 heteroatoms. The van der Waals surface area contributed by atoms with Crippen molar-refractivity contribution in [2.45, 2.75) is 30.7 Å². The Morgan fingerprint density at radius 3 is 2.42 bits per heavy atom. The fourth-order valence-electron chi connectivity index (χ4n) is 1.83. The Kier molecular flexibility index (Phi) is 4.33. The summed E-state index contributed by atoms with van der Waals surface area (Å²) < 4.78 is 23.6. The molecule has 2 rings (SSSR count). The van der Waals surface area contributed by atoms with E-state index in [0.717, 1.165) is 0 Å². The minimum absolute atomic E-state index is 0.160. The van der Waals surface area contributed by atoms with E-state index in [2.05, 4.69) is 0 Å². The summed E-state index contributed by atoms with van der Waals surface area (Å²) in [6, 6.07) is 5.49. The van der Waals surface area contributed by atoms with E-state index in [1.165, 1.54) is 24.3 Å². The second kappa shape index (κ2) is 5.81. The van der Waals surface area contributed by atoms with Gasteiger partial charge in [0.25, 0.3) is 0 Å². The summed E-state index contributed by atoms with van der Waals surface area (Å²) in [5.41, 5.74) is 0. The van der Waals surface area contributed by atoms with Gasteiger partial charge in [0.2, 0.25) is 6.29 Å². The molecule has 5 atom stereocenters. The van der Waals surface area contributed by atoms with E-state index < -0.39 is 43.1 Å². The molecule has 1 heterocycles. The third kappa shape index (κ3) is 2.85. The van der Waals surface area contributed by atoms with Crippen LogP contribution in [-0.4, -0.2) is 57.7 Å². The predicted molar refractivity (Wildman–Crippen MR) is 60.8 cm³/mol. The van der Waals surface area contributed by atoms with Gasteiger partial charge in [-0.2, -0.15) is 0 Å². The maximum absolute atomic E-state index is 13.4. The molecule has 1 aromatic carbocycles. The lowest BCUT2D eigenvalue weighted by molar-refractivity contribution is -0.277. The van der Waals surface area contributed by atoms with Crippen LogP contribution >= 0.6 is 0 Å². The van der Waals surface area contributed by atoms with Crippen LogP contribution in [0, 0.1) is 5.82 Å². The Bertz CT molecular complexity index is 426. The van der Waals surface area contributed by atoms with Crippen LogP contribution in [-0.2, 0) is 4.74 Å². The van der Waals surface area contributed by atoms with Gasteiger partial charge in [-0.05, 0) is 12.1 Å². The van der Waals surface area contributed by atoms with Crippen LogP contribution in [0.4, 0.5) is 4.39 Å². The van der Waals surface area contributed by atoms with Gasteiger partial charge in [-0.15, -0.1) is 0 Å². The van der Waals surface area contributed by atoms with Crippen LogP contribution < -0.4 is 4.74 Å². The molecule has 0 spiro atoms. The Hall–Kier alpha value is -1.25. The summed E-state index contributed by atoms with van der Waals surface area (Å²) in [6.07, 6.45) is -7.05. The van der Waals surface area contributed by atoms with E-state index in [0.29, 0.717) is 0 Å². The van der Waals surface area contributed by atoms with Gasteiger partial charge in [0.15, 0.2) is 11.6 Å². The molecule has 0 amide bonds. The van der Waals surface area contributed by atoms with Crippen LogP contribution in [0.2, 0.25) is 0 Å². The number of aliphatic hydroxyl groups is 4. The highest BCUT2D eigenvalue weighted by Gasteiger charge is 2.44. The fourth-order valence-corrected chi connectivity index (χ4v) is 1.83. The van der Waals surface area contributed by atoms with Crippen molar-refractivity contribution in [1.82, 2.24) is 0 Å². The first-order chi connectivity index (χ1) is 9.04. The number of hydrogen-bond donors (Lipinski definition) is 4. The summed E-state index contributed by atoms with van der Waals surface area (Å²) in [7, 11) is 0. The zero-order valence-electron chi connectivity index (χ0n) is 9.89. The van der Waals surface area contributed by atoms with Crippen molar-refractivity contribution in [2.75, 3.05) is 6.61 Å². The van der Waals surface area contributed by atoms with Crippen LogP contribution in [0.1, 0.15) is 0 Å². The van der Waals surface area contributed by atoms with Gasteiger partial charge in [0.1, 0.15) is 24.4 Å².